The summed E-state index contributed by atoms with van der Waals surface area (Å²) in [6.07, 6.45) is 26.5. The minimum atomic E-state index is -0.582. The molecule has 1 rings (SSSR count). The smallest absolute Gasteiger partial charge is 0.118 e. The molecule has 0 amide bonds. The van der Waals surface area contributed by atoms with Gasteiger partial charge in [0, 0.05) is 13.2 Å². The predicted octanol–water partition coefficient (Wildman–Crippen LogP) is 15.2. The number of hydrogen-bond donors (Lipinski definition) is 1. The lowest BCUT2D eigenvalue weighted by Crippen LogP contribution is -2.41. The van der Waals surface area contributed by atoms with Gasteiger partial charge in [0.15, 0.2) is 0 Å². The average molecular weight is 817 g/mol. The van der Waals surface area contributed by atoms with Crippen molar-refractivity contribution in [3.05, 3.63) is 29.8 Å². The summed E-state index contributed by atoms with van der Waals surface area (Å²) < 4.78 is 24.2. The van der Waals surface area contributed by atoms with Crippen molar-refractivity contribution in [2.24, 2.45) is 52.8 Å². The van der Waals surface area contributed by atoms with Crippen LogP contribution in [0.5, 0.6) is 5.75 Å². The maximum Gasteiger partial charge on any atom is 0.118 e. The Bertz CT molecular complexity index is 988. The largest absolute Gasteiger partial charge is 0.497 e. The van der Waals surface area contributed by atoms with E-state index in [0.717, 1.165) is 59.7 Å². The maximum absolute atomic E-state index is 10.7. The summed E-state index contributed by atoms with van der Waals surface area (Å²) in [4.78, 5) is 0. The summed E-state index contributed by atoms with van der Waals surface area (Å²) in [5.74, 6) is 7.16. The van der Waals surface area contributed by atoms with Gasteiger partial charge in [0.25, 0.3) is 0 Å². The Morgan fingerprint density at radius 2 is 0.741 bits per heavy atom. The first-order valence-corrected chi connectivity index (χ1v) is 24.7. The molecular weight excluding hydrogens is 717 g/mol. The fraction of sp³-hybridized carbons (Fsp3) is 0.887. The van der Waals surface area contributed by atoms with Crippen molar-refractivity contribution < 1.29 is 24.1 Å². The topological polar surface area (TPSA) is 57.2 Å². The van der Waals surface area contributed by atoms with Gasteiger partial charge in [-0.15, -0.1) is 0 Å². The molecule has 0 aliphatic heterocycles. The van der Waals surface area contributed by atoms with Gasteiger partial charge in [-0.2, -0.15) is 0 Å². The molecule has 342 valence electrons. The monoisotopic (exact) mass is 817 g/mol. The highest BCUT2D eigenvalue weighted by atomic mass is 16.5. The second-order valence-electron chi connectivity index (χ2n) is 20.7. The van der Waals surface area contributed by atoms with E-state index in [2.05, 4.69) is 69.2 Å². The van der Waals surface area contributed by atoms with E-state index >= 15 is 0 Å². The van der Waals surface area contributed by atoms with Crippen LogP contribution in [-0.4, -0.2) is 51.9 Å². The molecule has 1 N–H and O–H groups in total. The Balaban J connectivity index is 2.44. The molecule has 0 radical (unpaired) electrons. The lowest BCUT2D eigenvalue weighted by atomic mass is 9.90. The summed E-state index contributed by atoms with van der Waals surface area (Å²) in [7, 11) is 1.68. The first-order chi connectivity index (χ1) is 27.8. The second kappa shape index (κ2) is 34.4. The van der Waals surface area contributed by atoms with E-state index in [1.807, 2.05) is 24.3 Å². The van der Waals surface area contributed by atoms with Crippen LogP contribution in [0.2, 0.25) is 0 Å². The zero-order valence-corrected chi connectivity index (χ0v) is 40.6. The molecule has 1 aromatic carbocycles. The normalized spacial score (nSPS) is 16.3. The van der Waals surface area contributed by atoms with Crippen LogP contribution in [0.4, 0.5) is 0 Å². The van der Waals surface area contributed by atoms with E-state index in [1.165, 1.54) is 116 Å². The van der Waals surface area contributed by atoms with Crippen LogP contribution in [0.1, 0.15) is 203 Å². The first-order valence-electron chi connectivity index (χ1n) is 24.7. The highest BCUT2D eigenvalue weighted by molar-refractivity contribution is 5.26. The fourth-order valence-electron chi connectivity index (χ4n) is 8.39. The van der Waals surface area contributed by atoms with Gasteiger partial charge in [0.2, 0.25) is 0 Å². The summed E-state index contributed by atoms with van der Waals surface area (Å²) >= 11 is 0. The summed E-state index contributed by atoms with van der Waals surface area (Å²) in [5.41, 5.74) is 0.501. The Labute approximate surface area is 362 Å². The highest BCUT2D eigenvalue weighted by Gasteiger charge is 2.31. The van der Waals surface area contributed by atoms with Crippen molar-refractivity contribution in [2.75, 3.05) is 46.8 Å². The summed E-state index contributed by atoms with van der Waals surface area (Å²) in [5, 5.41) is 10.7. The predicted molar refractivity (Wildman–Crippen MR) is 251 cm³/mol. The third-order valence-corrected chi connectivity index (χ3v) is 13.0. The number of hydrogen-bond acceptors (Lipinski definition) is 5. The summed E-state index contributed by atoms with van der Waals surface area (Å²) in [6.45, 7) is 27.0. The minimum Gasteiger partial charge on any atom is -0.497 e. The van der Waals surface area contributed by atoms with Gasteiger partial charge in [-0.3, -0.25) is 0 Å². The van der Waals surface area contributed by atoms with Crippen LogP contribution < -0.4 is 4.74 Å². The molecule has 0 fully saturated rings. The van der Waals surface area contributed by atoms with E-state index < -0.39 is 5.41 Å². The molecule has 58 heavy (non-hydrogen) atoms. The van der Waals surface area contributed by atoms with Crippen molar-refractivity contribution in [3.63, 3.8) is 0 Å². The van der Waals surface area contributed by atoms with Crippen LogP contribution in [-0.2, 0) is 20.8 Å². The van der Waals surface area contributed by atoms with Gasteiger partial charge in [-0.1, -0.05) is 197 Å². The van der Waals surface area contributed by atoms with Crippen molar-refractivity contribution in [1.29, 1.82) is 0 Å². The van der Waals surface area contributed by atoms with E-state index in [0.29, 0.717) is 51.5 Å². The standard InChI is InChI=1S/C53H100O5/c1-43(2)18-12-20-45(5)22-14-24-47(7)26-16-28-49(9)34-36-56-40-53(39-54,42-58-38-51-30-32-52(55-11)33-31-51)41-57-37-35-50(10)29-17-27-48(8)25-15-23-46(6)21-13-19-44(3)4/h30-33,43-50,54H,12-29,34-42H2,1-11H3. The minimum absolute atomic E-state index is 0.0239. The lowest BCUT2D eigenvalue weighted by Gasteiger charge is -2.31. The first kappa shape index (κ1) is 54.9. The number of aliphatic hydroxyl groups is 1. The molecule has 5 nitrogen and oxygen atoms in total. The molecule has 1 aromatic rings. The van der Waals surface area contributed by atoms with E-state index in [4.69, 9.17) is 18.9 Å². The van der Waals surface area contributed by atoms with Gasteiger partial charge in [-0.05, 0) is 77.9 Å². The van der Waals surface area contributed by atoms with Crippen LogP contribution in [0.3, 0.4) is 0 Å². The van der Waals surface area contributed by atoms with E-state index in [1.54, 1.807) is 7.11 Å². The molecular formula is C53H100O5. The van der Waals surface area contributed by atoms with Crippen LogP contribution in [0.25, 0.3) is 0 Å². The highest BCUT2D eigenvalue weighted by Crippen LogP contribution is 2.26. The zero-order chi connectivity index (χ0) is 43.0. The Morgan fingerprint density at radius 1 is 0.431 bits per heavy atom. The molecule has 6 unspecified atom stereocenters. The molecule has 6 atom stereocenters. The molecule has 5 heteroatoms. The third kappa shape index (κ3) is 30.0. The number of rotatable bonds is 40. The van der Waals surface area contributed by atoms with Crippen LogP contribution >= 0.6 is 0 Å². The van der Waals surface area contributed by atoms with E-state index in [9.17, 15) is 5.11 Å². The molecule has 0 aliphatic rings. The lowest BCUT2D eigenvalue weighted by molar-refractivity contribution is -0.0978. The van der Waals surface area contributed by atoms with Gasteiger partial charge >= 0.3 is 0 Å². The van der Waals surface area contributed by atoms with Crippen molar-refractivity contribution in [3.8, 4) is 5.75 Å². The molecule has 0 aromatic heterocycles. The number of ether oxygens (including phenoxy) is 4. The Hall–Kier alpha value is -1.14. The van der Waals surface area contributed by atoms with Crippen LogP contribution in [0, 0.1) is 52.8 Å². The Kier molecular flexibility index (Phi) is 32.6. The molecule has 0 saturated heterocycles. The van der Waals surface area contributed by atoms with Crippen molar-refractivity contribution in [2.45, 2.75) is 204 Å². The van der Waals surface area contributed by atoms with Gasteiger partial charge in [0.1, 0.15) is 5.75 Å². The number of aliphatic hydroxyl groups excluding tert-OH is 1. The Morgan fingerprint density at radius 3 is 1.05 bits per heavy atom. The molecule has 0 aliphatic carbocycles. The average Bonchev–Trinajstić information content (AvgIpc) is 3.18. The molecule has 0 heterocycles. The fourth-order valence-corrected chi connectivity index (χ4v) is 8.39. The SMILES string of the molecule is COc1ccc(COCC(CO)(COCCC(C)CCCC(C)CCCC(C)CCCC(C)C)COCCC(C)CCCC(C)CCCC(C)CCCC(C)C)cc1. The van der Waals surface area contributed by atoms with Crippen molar-refractivity contribution in [1.82, 2.24) is 0 Å². The summed E-state index contributed by atoms with van der Waals surface area (Å²) in [6, 6.07) is 7.98. The maximum atomic E-state index is 10.7. The molecule has 0 spiro atoms. The number of methoxy groups -OCH3 is 1. The quantitative estimate of drug-likeness (QED) is 0.0669. The van der Waals surface area contributed by atoms with Crippen LogP contribution in [0.15, 0.2) is 24.3 Å². The zero-order valence-electron chi connectivity index (χ0n) is 40.6. The molecule has 0 saturated carbocycles. The van der Waals surface area contributed by atoms with Gasteiger partial charge in [-0.25, -0.2) is 0 Å². The van der Waals surface area contributed by atoms with E-state index in [-0.39, 0.29) is 6.61 Å². The van der Waals surface area contributed by atoms with Gasteiger partial charge < -0.3 is 24.1 Å². The number of benzene rings is 1. The third-order valence-electron chi connectivity index (χ3n) is 13.0. The van der Waals surface area contributed by atoms with Crippen molar-refractivity contribution >= 4 is 0 Å². The van der Waals surface area contributed by atoms with Gasteiger partial charge in [0.05, 0.1) is 45.6 Å². The molecule has 0 bridgehead atoms. The second-order valence-corrected chi connectivity index (χ2v) is 20.7.